The smallest absolute Gasteiger partial charge is 0.235 e. The monoisotopic (exact) mass is 268 g/mol. The maximum Gasteiger partial charge on any atom is 0.235 e. The molecule has 1 aliphatic rings. The molecular formula is C12H16N2O3S. The van der Waals surface area contributed by atoms with Crippen LogP contribution >= 0.6 is 0 Å². The van der Waals surface area contributed by atoms with Crippen LogP contribution in [0.3, 0.4) is 0 Å². The predicted molar refractivity (Wildman–Crippen MR) is 71.1 cm³/mol. The molecule has 1 aromatic rings. The highest BCUT2D eigenvalue weighted by Gasteiger charge is 2.25. The second-order valence-electron chi connectivity index (χ2n) is 4.33. The van der Waals surface area contributed by atoms with E-state index in [4.69, 9.17) is 0 Å². The summed E-state index contributed by atoms with van der Waals surface area (Å²) >= 11 is 0. The van der Waals surface area contributed by atoms with Crippen LogP contribution in [0.15, 0.2) is 24.3 Å². The fourth-order valence-corrected chi connectivity index (χ4v) is 3.65. The summed E-state index contributed by atoms with van der Waals surface area (Å²) < 4.78 is 25.3. The van der Waals surface area contributed by atoms with Crippen molar-refractivity contribution in [3.8, 4) is 0 Å². The first-order valence-electron chi connectivity index (χ1n) is 5.87. The number of nitrogens with zero attached hydrogens (tertiary/aromatic N) is 1. The van der Waals surface area contributed by atoms with Gasteiger partial charge in [-0.15, -0.1) is 0 Å². The second-order valence-corrected chi connectivity index (χ2v) is 6.34. The lowest BCUT2D eigenvalue weighted by Gasteiger charge is -2.28. The quantitative estimate of drug-likeness (QED) is 0.885. The zero-order valence-electron chi connectivity index (χ0n) is 10.2. The van der Waals surface area contributed by atoms with Gasteiger partial charge in [-0.3, -0.25) is 9.10 Å². The zero-order valence-corrected chi connectivity index (χ0v) is 11.0. The maximum atomic E-state index is 12.0. The van der Waals surface area contributed by atoms with Crippen molar-refractivity contribution in [3.63, 3.8) is 0 Å². The van der Waals surface area contributed by atoms with E-state index >= 15 is 0 Å². The average molecular weight is 268 g/mol. The highest BCUT2D eigenvalue weighted by Crippen LogP contribution is 2.25. The van der Waals surface area contributed by atoms with Crippen LogP contribution in [0.4, 0.5) is 11.4 Å². The number of nitrogens with one attached hydrogen (secondary N) is 1. The van der Waals surface area contributed by atoms with E-state index in [1.54, 1.807) is 24.3 Å². The Labute approximate surface area is 107 Å². The number of benzene rings is 1. The van der Waals surface area contributed by atoms with Gasteiger partial charge in [0, 0.05) is 19.2 Å². The number of rotatable bonds is 2. The van der Waals surface area contributed by atoms with Gasteiger partial charge in [0.1, 0.15) is 0 Å². The molecular weight excluding hydrogens is 252 g/mol. The van der Waals surface area contributed by atoms with Crippen molar-refractivity contribution in [2.75, 3.05) is 21.9 Å². The Balaban J connectivity index is 2.30. The molecule has 1 fully saturated rings. The lowest BCUT2D eigenvalue weighted by atomic mass is 10.2. The third kappa shape index (κ3) is 2.81. The molecule has 0 saturated carbocycles. The van der Waals surface area contributed by atoms with E-state index in [-0.39, 0.29) is 11.7 Å². The van der Waals surface area contributed by atoms with Gasteiger partial charge in [-0.25, -0.2) is 8.42 Å². The van der Waals surface area contributed by atoms with E-state index in [0.717, 1.165) is 6.42 Å². The van der Waals surface area contributed by atoms with Crippen molar-refractivity contribution in [3.05, 3.63) is 24.3 Å². The molecule has 6 heteroatoms. The number of carbonyl (C=O) groups is 1. The Morgan fingerprint density at radius 3 is 2.78 bits per heavy atom. The second kappa shape index (κ2) is 4.97. The third-order valence-electron chi connectivity index (χ3n) is 2.80. The van der Waals surface area contributed by atoms with Crippen LogP contribution in [0.5, 0.6) is 0 Å². The molecule has 0 radical (unpaired) electrons. The molecule has 5 nitrogen and oxygen atoms in total. The summed E-state index contributed by atoms with van der Waals surface area (Å²) in [4.78, 5) is 11.0. The molecule has 1 aromatic carbocycles. The Morgan fingerprint density at radius 2 is 2.11 bits per heavy atom. The van der Waals surface area contributed by atoms with Crippen molar-refractivity contribution in [1.29, 1.82) is 0 Å². The lowest BCUT2D eigenvalue weighted by molar-refractivity contribution is -0.114. The van der Waals surface area contributed by atoms with Crippen LogP contribution < -0.4 is 9.62 Å². The Kier molecular flexibility index (Phi) is 3.56. The topological polar surface area (TPSA) is 66.5 Å². The summed E-state index contributed by atoms with van der Waals surface area (Å²) in [7, 11) is -3.20. The molecule has 0 aromatic heterocycles. The minimum Gasteiger partial charge on any atom is -0.326 e. The van der Waals surface area contributed by atoms with Crippen molar-refractivity contribution in [2.24, 2.45) is 0 Å². The highest BCUT2D eigenvalue weighted by atomic mass is 32.2. The Hall–Kier alpha value is -1.56. The molecule has 0 bridgehead atoms. The number of hydrogen-bond acceptors (Lipinski definition) is 3. The van der Waals surface area contributed by atoms with Gasteiger partial charge in [-0.2, -0.15) is 0 Å². The van der Waals surface area contributed by atoms with Crippen LogP contribution in [0.2, 0.25) is 0 Å². The number of sulfonamides is 1. The maximum absolute atomic E-state index is 12.0. The minimum absolute atomic E-state index is 0.173. The summed E-state index contributed by atoms with van der Waals surface area (Å²) in [5.41, 5.74) is 1.22. The summed E-state index contributed by atoms with van der Waals surface area (Å²) in [6.07, 6.45) is 1.58. The molecule has 2 rings (SSSR count). The first-order valence-corrected chi connectivity index (χ1v) is 7.48. The predicted octanol–water partition coefficient (Wildman–Crippen LogP) is 1.57. The van der Waals surface area contributed by atoms with Crippen LogP contribution in [0.25, 0.3) is 0 Å². The third-order valence-corrected chi connectivity index (χ3v) is 4.67. The number of anilines is 2. The summed E-state index contributed by atoms with van der Waals surface area (Å²) in [5.74, 6) is 0.0193. The molecule has 0 unspecified atom stereocenters. The molecule has 98 valence electrons. The van der Waals surface area contributed by atoms with E-state index < -0.39 is 10.0 Å². The Morgan fingerprint density at radius 1 is 1.33 bits per heavy atom. The fraction of sp³-hybridized carbons (Fsp3) is 0.417. The molecule has 1 N–H and O–H groups in total. The molecule has 1 aliphatic heterocycles. The van der Waals surface area contributed by atoms with Crippen molar-refractivity contribution in [2.45, 2.75) is 19.8 Å². The molecule has 1 amide bonds. The fourth-order valence-electron chi connectivity index (χ4n) is 2.02. The first-order chi connectivity index (χ1) is 8.49. The molecule has 18 heavy (non-hydrogen) atoms. The van der Waals surface area contributed by atoms with Gasteiger partial charge in [-0.05, 0) is 31.0 Å². The van der Waals surface area contributed by atoms with Crippen molar-refractivity contribution >= 4 is 27.3 Å². The molecule has 0 atom stereocenters. The van der Waals surface area contributed by atoms with Gasteiger partial charge in [0.25, 0.3) is 0 Å². The molecule has 1 heterocycles. The van der Waals surface area contributed by atoms with E-state index in [0.29, 0.717) is 24.3 Å². The van der Waals surface area contributed by atoms with Crippen LogP contribution in [-0.4, -0.2) is 26.6 Å². The average Bonchev–Trinajstić information content (AvgIpc) is 2.27. The minimum atomic E-state index is -3.20. The van der Waals surface area contributed by atoms with Gasteiger partial charge in [0.2, 0.25) is 15.9 Å². The van der Waals surface area contributed by atoms with Gasteiger partial charge < -0.3 is 5.32 Å². The number of hydrogen-bond donors (Lipinski definition) is 1. The first kappa shape index (κ1) is 12.9. The van der Waals surface area contributed by atoms with Crippen LogP contribution in [0.1, 0.15) is 19.8 Å². The summed E-state index contributed by atoms with van der Waals surface area (Å²) in [6, 6.07) is 6.91. The van der Waals surface area contributed by atoms with Crippen LogP contribution in [0, 0.1) is 0 Å². The summed E-state index contributed by atoms with van der Waals surface area (Å²) in [5, 5.41) is 2.65. The van der Waals surface area contributed by atoms with Gasteiger partial charge in [0.05, 0.1) is 11.4 Å². The van der Waals surface area contributed by atoms with Crippen LogP contribution in [-0.2, 0) is 14.8 Å². The van der Waals surface area contributed by atoms with Crippen molar-refractivity contribution in [1.82, 2.24) is 0 Å². The van der Waals surface area contributed by atoms with E-state index in [1.165, 1.54) is 11.2 Å². The molecule has 0 spiro atoms. The normalized spacial score (nSPS) is 18.4. The van der Waals surface area contributed by atoms with Crippen molar-refractivity contribution < 1.29 is 13.2 Å². The Bertz CT molecular complexity index is 554. The SMILES string of the molecule is CC(=O)Nc1cccc(N2CCCCS2(=O)=O)c1. The van der Waals surface area contributed by atoms with Gasteiger partial charge in [-0.1, -0.05) is 6.07 Å². The molecule has 1 saturated heterocycles. The van der Waals surface area contributed by atoms with E-state index in [2.05, 4.69) is 5.32 Å². The standard InChI is InChI=1S/C12H16N2O3S/c1-10(15)13-11-5-4-6-12(9-11)14-7-2-3-8-18(14,16)17/h4-6,9H,2-3,7-8H2,1H3,(H,13,15). The summed E-state index contributed by atoms with van der Waals surface area (Å²) in [6.45, 7) is 1.93. The van der Waals surface area contributed by atoms with E-state index in [1.807, 2.05) is 0 Å². The number of carbonyl (C=O) groups excluding carboxylic acids is 1. The largest absolute Gasteiger partial charge is 0.326 e. The van der Waals surface area contributed by atoms with E-state index in [9.17, 15) is 13.2 Å². The van der Waals surface area contributed by atoms with Gasteiger partial charge in [0.15, 0.2) is 0 Å². The lowest BCUT2D eigenvalue weighted by Crippen LogP contribution is -2.37. The zero-order chi connectivity index (χ0) is 13.2. The highest BCUT2D eigenvalue weighted by molar-refractivity contribution is 7.92. The molecule has 0 aliphatic carbocycles. The number of amides is 1. The van der Waals surface area contributed by atoms with Gasteiger partial charge >= 0.3 is 0 Å².